The van der Waals surface area contributed by atoms with Gasteiger partial charge >= 0.3 is 0 Å². The lowest BCUT2D eigenvalue weighted by Gasteiger charge is -2.11. The van der Waals surface area contributed by atoms with E-state index in [0.29, 0.717) is 0 Å². The van der Waals surface area contributed by atoms with Gasteiger partial charge in [0.2, 0.25) is 0 Å². The summed E-state index contributed by atoms with van der Waals surface area (Å²) < 4.78 is 30.5. The summed E-state index contributed by atoms with van der Waals surface area (Å²) in [5, 5.41) is 0. The summed E-state index contributed by atoms with van der Waals surface area (Å²) in [5.41, 5.74) is 0. The fourth-order valence-electron chi connectivity index (χ4n) is 0.819. The predicted molar refractivity (Wildman–Crippen MR) is 47.2 cm³/mol. The molecule has 1 atom stereocenters. The maximum Gasteiger partial charge on any atom is 0.167 e. The molecule has 72 valence electrons. The third-order valence-electron chi connectivity index (χ3n) is 1.44. The van der Waals surface area contributed by atoms with Crippen molar-refractivity contribution in [2.75, 3.05) is 5.88 Å². The van der Waals surface area contributed by atoms with Crippen LogP contribution in [0, 0.1) is 11.6 Å². The van der Waals surface area contributed by atoms with Crippen molar-refractivity contribution in [2.45, 2.75) is 13.0 Å². The minimum atomic E-state index is -0.711. The van der Waals surface area contributed by atoms with Gasteiger partial charge in [-0.1, -0.05) is 0 Å². The topological polar surface area (TPSA) is 9.23 Å². The van der Waals surface area contributed by atoms with Gasteiger partial charge in [-0.05, 0) is 19.1 Å². The highest BCUT2D eigenvalue weighted by Gasteiger charge is 2.07. The Bertz CT molecular complexity index is 291. The van der Waals surface area contributed by atoms with E-state index >= 15 is 0 Å². The Kier molecular flexibility index (Phi) is 3.48. The van der Waals surface area contributed by atoms with E-state index in [9.17, 15) is 8.78 Å². The molecule has 0 aliphatic rings. The molecule has 0 aromatic heterocycles. The smallest absolute Gasteiger partial charge is 0.167 e. The molecule has 1 rings (SSSR count). The van der Waals surface area contributed by atoms with Gasteiger partial charge in [-0.2, -0.15) is 0 Å². The summed E-state index contributed by atoms with van der Waals surface area (Å²) >= 11 is 5.46. The first-order valence-corrected chi connectivity index (χ1v) is 4.34. The van der Waals surface area contributed by atoms with Crippen molar-refractivity contribution in [2.24, 2.45) is 0 Å². The summed E-state index contributed by atoms with van der Waals surface area (Å²) in [6, 6.07) is 3.16. The van der Waals surface area contributed by atoms with Gasteiger partial charge in [0.05, 0.1) is 5.88 Å². The van der Waals surface area contributed by atoms with Gasteiger partial charge in [-0.25, -0.2) is 8.78 Å². The second kappa shape index (κ2) is 4.42. The Labute approximate surface area is 80.3 Å². The van der Waals surface area contributed by atoms with Crippen LogP contribution >= 0.6 is 11.6 Å². The molecule has 0 aliphatic carbocycles. The first kappa shape index (κ1) is 10.3. The largest absolute Gasteiger partial charge is 0.486 e. The maximum absolute atomic E-state index is 12.9. The zero-order valence-electron chi connectivity index (χ0n) is 7.06. The highest BCUT2D eigenvalue weighted by atomic mass is 35.5. The Morgan fingerprint density at radius 1 is 1.46 bits per heavy atom. The van der Waals surface area contributed by atoms with Gasteiger partial charge in [0.25, 0.3) is 0 Å². The van der Waals surface area contributed by atoms with E-state index in [-0.39, 0.29) is 17.7 Å². The standard InChI is InChI=1S/C9H9ClF2O/c1-6(5-10)13-9-3-2-7(11)4-8(9)12/h2-4,6H,5H2,1H3. The van der Waals surface area contributed by atoms with Crippen molar-refractivity contribution in [3.63, 3.8) is 0 Å². The highest BCUT2D eigenvalue weighted by Crippen LogP contribution is 2.18. The molecule has 13 heavy (non-hydrogen) atoms. The van der Waals surface area contributed by atoms with Crippen molar-refractivity contribution in [1.29, 1.82) is 0 Å². The SMILES string of the molecule is CC(CCl)Oc1ccc(F)cc1F. The first-order chi connectivity index (χ1) is 6.13. The molecule has 0 amide bonds. The van der Waals surface area contributed by atoms with E-state index in [2.05, 4.69) is 0 Å². The second-order valence-electron chi connectivity index (χ2n) is 2.66. The van der Waals surface area contributed by atoms with E-state index in [0.717, 1.165) is 12.1 Å². The lowest BCUT2D eigenvalue weighted by molar-refractivity contribution is 0.233. The molecule has 0 aliphatic heterocycles. The van der Waals surface area contributed by atoms with Gasteiger partial charge < -0.3 is 4.74 Å². The van der Waals surface area contributed by atoms with E-state index in [4.69, 9.17) is 16.3 Å². The van der Waals surface area contributed by atoms with Crippen LogP contribution in [-0.2, 0) is 0 Å². The van der Waals surface area contributed by atoms with Crippen LogP contribution in [0.25, 0.3) is 0 Å². The van der Waals surface area contributed by atoms with Crippen LogP contribution < -0.4 is 4.74 Å². The zero-order valence-corrected chi connectivity index (χ0v) is 7.81. The molecule has 1 aromatic carbocycles. The van der Waals surface area contributed by atoms with Gasteiger partial charge in [-0.3, -0.25) is 0 Å². The molecule has 1 nitrogen and oxygen atoms in total. The van der Waals surface area contributed by atoms with E-state index in [1.165, 1.54) is 6.07 Å². The molecule has 0 bridgehead atoms. The normalized spacial score (nSPS) is 12.6. The molecular formula is C9H9ClF2O. The molecule has 4 heteroatoms. The molecule has 0 radical (unpaired) electrons. The van der Waals surface area contributed by atoms with Crippen LogP contribution in [0.3, 0.4) is 0 Å². The summed E-state index contributed by atoms with van der Waals surface area (Å²) in [7, 11) is 0. The first-order valence-electron chi connectivity index (χ1n) is 3.81. The Morgan fingerprint density at radius 2 is 2.15 bits per heavy atom. The fraction of sp³-hybridized carbons (Fsp3) is 0.333. The summed E-state index contributed by atoms with van der Waals surface area (Å²) in [6.45, 7) is 1.70. The van der Waals surface area contributed by atoms with Crippen LogP contribution in [-0.4, -0.2) is 12.0 Å². The number of halogens is 3. The van der Waals surface area contributed by atoms with Crippen molar-refractivity contribution >= 4 is 11.6 Å². The van der Waals surface area contributed by atoms with Crippen molar-refractivity contribution < 1.29 is 13.5 Å². The van der Waals surface area contributed by atoms with E-state index < -0.39 is 11.6 Å². The third kappa shape index (κ3) is 2.84. The van der Waals surface area contributed by atoms with Gasteiger partial charge in [0.15, 0.2) is 11.6 Å². The fourth-order valence-corrected chi connectivity index (χ4v) is 0.882. The quantitative estimate of drug-likeness (QED) is 0.691. The summed E-state index contributed by atoms with van der Waals surface area (Å²) in [5.74, 6) is -1.05. The highest BCUT2D eigenvalue weighted by molar-refractivity contribution is 6.18. The monoisotopic (exact) mass is 206 g/mol. The molecule has 0 saturated carbocycles. The van der Waals surface area contributed by atoms with Gasteiger partial charge in [0, 0.05) is 6.07 Å². The van der Waals surface area contributed by atoms with E-state index in [1.54, 1.807) is 6.92 Å². The molecule has 0 saturated heterocycles. The van der Waals surface area contributed by atoms with Gasteiger partial charge in [-0.15, -0.1) is 11.6 Å². The Hall–Kier alpha value is -0.830. The second-order valence-corrected chi connectivity index (χ2v) is 2.97. The summed E-state index contributed by atoms with van der Waals surface area (Å²) in [6.07, 6.45) is -0.290. The zero-order chi connectivity index (χ0) is 9.84. The maximum atomic E-state index is 12.9. The minimum absolute atomic E-state index is 0.0227. The Balaban J connectivity index is 2.77. The molecule has 0 fully saturated rings. The molecular weight excluding hydrogens is 198 g/mol. The third-order valence-corrected chi connectivity index (χ3v) is 1.87. The van der Waals surface area contributed by atoms with Crippen LogP contribution in [0.4, 0.5) is 8.78 Å². The average Bonchev–Trinajstić information content (AvgIpc) is 2.09. The van der Waals surface area contributed by atoms with Gasteiger partial charge in [0.1, 0.15) is 11.9 Å². The minimum Gasteiger partial charge on any atom is -0.486 e. The van der Waals surface area contributed by atoms with Crippen LogP contribution in [0.5, 0.6) is 5.75 Å². The number of hydrogen-bond acceptors (Lipinski definition) is 1. The number of rotatable bonds is 3. The van der Waals surface area contributed by atoms with Crippen molar-refractivity contribution in [3.8, 4) is 5.75 Å². The molecule has 0 spiro atoms. The van der Waals surface area contributed by atoms with Crippen molar-refractivity contribution in [1.82, 2.24) is 0 Å². The molecule has 0 N–H and O–H groups in total. The predicted octanol–water partition coefficient (Wildman–Crippen LogP) is 2.97. The lowest BCUT2D eigenvalue weighted by atomic mass is 10.3. The molecule has 1 unspecified atom stereocenters. The molecule has 0 heterocycles. The van der Waals surface area contributed by atoms with Crippen LogP contribution in [0.2, 0.25) is 0 Å². The van der Waals surface area contributed by atoms with E-state index in [1.807, 2.05) is 0 Å². The number of benzene rings is 1. The van der Waals surface area contributed by atoms with Crippen molar-refractivity contribution in [3.05, 3.63) is 29.8 Å². The van der Waals surface area contributed by atoms with Crippen LogP contribution in [0.15, 0.2) is 18.2 Å². The number of hydrogen-bond donors (Lipinski definition) is 0. The average molecular weight is 207 g/mol. The number of ether oxygens (including phenoxy) is 1. The summed E-state index contributed by atoms with van der Waals surface area (Å²) in [4.78, 5) is 0. The van der Waals surface area contributed by atoms with Crippen LogP contribution in [0.1, 0.15) is 6.92 Å². The Morgan fingerprint density at radius 3 is 2.69 bits per heavy atom. The molecule has 1 aromatic rings. The lowest BCUT2D eigenvalue weighted by Crippen LogP contribution is -2.13. The number of alkyl halides is 1.